The molecule has 2 aromatic rings. The highest BCUT2D eigenvalue weighted by Gasteiger charge is 2.08. The topological polar surface area (TPSA) is 48.4 Å². The Morgan fingerprint density at radius 3 is 3.00 bits per heavy atom. The molecule has 0 aliphatic carbocycles. The molecule has 1 saturated heterocycles. The highest BCUT2D eigenvalue weighted by atomic mass is 32.1. The third kappa shape index (κ3) is 2.93. The average Bonchev–Trinajstić information content (AvgIpc) is 2.81. The van der Waals surface area contributed by atoms with Gasteiger partial charge in [0.1, 0.15) is 11.3 Å². The monoisotopic (exact) mass is 287 g/mol. The second-order valence-electron chi connectivity index (χ2n) is 4.90. The Morgan fingerprint density at radius 1 is 1.40 bits per heavy atom. The number of hydrogen-bond donors (Lipinski definition) is 2. The van der Waals surface area contributed by atoms with Gasteiger partial charge in [0.2, 0.25) is 0 Å². The van der Waals surface area contributed by atoms with Gasteiger partial charge in [0.25, 0.3) is 0 Å². The second-order valence-corrected chi connectivity index (χ2v) is 6.14. The summed E-state index contributed by atoms with van der Waals surface area (Å²) in [7, 11) is 0. The van der Waals surface area contributed by atoms with Gasteiger partial charge in [0.15, 0.2) is 0 Å². The fourth-order valence-electron chi connectivity index (χ4n) is 2.32. The number of aromatic hydroxyl groups is 1. The molecule has 0 saturated carbocycles. The van der Waals surface area contributed by atoms with Crippen LogP contribution in [0.25, 0.3) is 10.2 Å². The van der Waals surface area contributed by atoms with Crippen molar-refractivity contribution < 1.29 is 5.11 Å². The predicted octanol–water partition coefficient (Wildman–Crippen LogP) is 1.57. The lowest BCUT2D eigenvalue weighted by atomic mass is 10.2. The number of phenols is 1. The molecule has 4 nitrogen and oxygen atoms in total. The first-order valence-electron chi connectivity index (χ1n) is 6.74. The number of aromatic nitrogens is 1. The van der Waals surface area contributed by atoms with Crippen LogP contribution in [0.5, 0.6) is 5.75 Å². The second kappa shape index (κ2) is 5.80. The quantitative estimate of drug-likeness (QED) is 0.782. The van der Waals surface area contributed by atoms with Crippen molar-refractivity contribution in [2.24, 2.45) is 0 Å². The highest BCUT2D eigenvalue weighted by Crippen LogP contribution is 2.29. The van der Waals surface area contributed by atoms with Crippen LogP contribution in [0.15, 0.2) is 12.1 Å². The van der Waals surface area contributed by atoms with E-state index in [0.717, 1.165) is 48.0 Å². The fourth-order valence-corrected chi connectivity index (χ4v) is 3.21. The summed E-state index contributed by atoms with van der Waals surface area (Å²) in [5, 5.41) is 14.3. The molecule has 0 amide bonds. The molecule has 0 radical (unpaired) electrons. The molecule has 2 heterocycles. The maximum Gasteiger partial charge on any atom is 0.143 e. The molecule has 1 aromatic heterocycles. The maximum atomic E-state index is 9.97. The first kappa shape index (κ1) is 13.4. The van der Waals surface area contributed by atoms with Gasteiger partial charge < -0.3 is 10.4 Å². The number of nitrogens with one attached hydrogen (secondary N) is 1. The van der Waals surface area contributed by atoms with Gasteiger partial charge in [-0.15, -0.1) is 11.3 Å². The van der Waals surface area contributed by atoms with Crippen LogP contribution >= 0.6 is 11.3 Å². The summed E-state index contributed by atoms with van der Waals surface area (Å²) in [5.74, 6) is 6.55. The minimum Gasteiger partial charge on any atom is -0.506 e. The molecular weight excluding hydrogens is 270 g/mol. The van der Waals surface area contributed by atoms with Crippen LogP contribution in [0.3, 0.4) is 0 Å². The van der Waals surface area contributed by atoms with E-state index in [2.05, 4.69) is 27.0 Å². The number of rotatable bonds is 1. The van der Waals surface area contributed by atoms with Crippen molar-refractivity contribution >= 4 is 21.6 Å². The first-order valence-corrected chi connectivity index (χ1v) is 7.56. The van der Waals surface area contributed by atoms with E-state index in [1.54, 1.807) is 17.4 Å². The molecule has 2 N–H and O–H groups in total. The zero-order valence-electron chi connectivity index (χ0n) is 11.4. The average molecular weight is 287 g/mol. The van der Waals surface area contributed by atoms with Gasteiger partial charge in [-0.3, -0.25) is 4.90 Å². The van der Waals surface area contributed by atoms with Gasteiger partial charge in [-0.05, 0) is 19.1 Å². The summed E-state index contributed by atoms with van der Waals surface area (Å²) >= 11 is 1.58. The number of thiazole rings is 1. The van der Waals surface area contributed by atoms with Gasteiger partial charge in [0, 0.05) is 31.7 Å². The zero-order valence-corrected chi connectivity index (χ0v) is 12.3. The van der Waals surface area contributed by atoms with Crippen LogP contribution in [-0.2, 0) is 0 Å². The Morgan fingerprint density at radius 2 is 2.20 bits per heavy atom. The molecule has 3 rings (SSSR count). The van der Waals surface area contributed by atoms with E-state index in [1.807, 2.05) is 13.0 Å². The summed E-state index contributed by atoms with van der Waals surface area (Å²) in [5.41, 5.74) is 1.54. The van der Waals surface area contributed by atoms with E-state index in [9.17, 15) is 5.11 Å². The number of piperazine rings is 1. The van der Waals surface area contributed by atoms with Crippen LogP contribution in [0.2, 0.25) is 0 Å². The largest absolute Gasteiger partial charge is 0.506 e. The standard InChI is InChI=1S/C15H17N3OS/c1-11-17-15-13(19)9-12(10-14(15)20-11)3-2-6-18-7-4-16-5-8-18/h9-10,16,19H,4-8H2,1H3. The number of nitrogens with zero attached hydrogens (tertiary/aromatic N) is 2. The summed E-state index contributed by atoms with van der Waals surface area (Å²) in [6.45, 7) is 6.89. The SMILES string of the molecule is Cc1nc2c(O)cc(C#CCN3CCNCC3)cc2s1. The van der Waals surface area contributed by atoms with Crippen LogP contribution in [0.1, 0.15) is 10.6 Å². The van der Waals surface area contributed by atoms with Gasteiger partial charge >= 0.3 is 0 Å². The molecule has 104 valence electrons. The number of fused-ring (bicyclic) bond motifs is 1. The minimum atomic E-state index is 0.221. The zero-order chi connectivity index (χ0) is 13.9. The predicted molar refractivity (Wildman–Crippen MR) is 82.2 cm³/mol. The maximum absolute atomic E-state index is 9.97. The minimum absolute atomic E-state index is 0.221. The van der Waals surface area contributed by atoms with Gasteiger partial charge in [0.05, 0.1) is 16.3 Å². The van der Waals surface area contributed by atoms with E-state index in [0.29, 0.717) is 5.52 Å². The summed E-state index contributed by atoms with van der Waals surface area (Å²) in [6.07, 6.45) is 0. The van der Waals surface area contributed by atoms with E-state index in [1.165, 1.54) is 0 Å². The van der Waals surface area contributed by atoms with E-state index < -0.39 is 0 Å². The van der Waals surface area contributed by atoms with Gasteiger partial charge in [-0.2, -0.15) is 0 Å². The molecule has 1 fully saturated rings. The Bertz CT molecular complexity index is 677. The molecule has 5 heteroatoms. The van der Waals surface area contributed by atoms with Crippen molar-refractivity contribution in [3.63, 3.8) is 0 Å². The van der Waals surface area contributed by atoms with Crippen molar-refractivity contribution in [2.75, 3.05) is 32.7 Å². The third-order valence-corrected chi connectivity index (χ3v) is 4.24. The lowest BCUT2D eigenvalue weighted by Gasteiger charge is -2.24. The molecule has 0 bridgehead atoms. The van der Waals surface area contributed by atoms with Crippen LogP contribution in [-0.4, -0.2) is 47.7 Å². The molecule has 0 spiro atoms. The molecule has 1 aromatic carbocycles. The number of phenolic OH excluding ortho intramolecular Hbond substituents is 1. The van der Waals surface area contributed by atoms with E-state index >= 15 is 0 Å². The summed E-state index contributed by atoms with van der Waals surface area (Å²) in [4.78, 5) is 6.64. The van der Waals surface area contributed by atoms with Crippen molar-refractivity contribution in [2.45, 2.75) is 6.92 Å². The number of benzene rings is 1. The lowest BCUT2D eigenvalue weighted by molar-refractivity contribution is 0.268. The fraction of sp³-hybridized carbons (Fsp3) is 0.400. The van der Waals surface area contributed by atoms with E-state index in [-0.39, 0.29) is 5.75 Å². The Kier molecular flexibility index (Phi) is 3.88. The number of hydrogen-bond acceptors (Lipinski definition) is 5. The normalized spacial score (nSPS) is 16.1. The molecule has 0 unspecified atom stereocenters. The smallest absolute Gasteiger partial charge is 0.143 e. The number of aryl methyl sites for hydroxylation is 1. The summed E-state index contributed by atoms with van der Waals surface area (Å²) in [6, 6.07) is 3.71. The molecular formula is C15H17N3OS. The Labute approximate surface area is 122 Å². The highest BCUT2D eigenvalue weighted by molar-refractivity contribution is 7.18. The van der Waals surface area contributed by atoms with Crippen molar-refractivity contribution in [1.29, 1.82) is 0 Å². The van der Waals surface area contributed by atoms with Crippen LogP contribution < -0.4 is 5.32 Å². The molecule has 1 aliphatic heterocycles. The van der Waals surface area contributed by atoms with Crippen molar-refractivity contribution in [1.82, 2.24) is 15.2 Å². The van der Waals surface area contributed by atoms with Crippen molar-refractivity contribution in [3.8, 4) is 17.6 Å². The molecule has 0 atom stereocenters. The first-order chi connectivity index (χ1) is 9.72. The van der Waals surface area contributed by atoms with Gasteiger partial charge in [-0.1, -0.05) is 11.8 Å². The van der Waals surface area contributed by atoms with Crippen LogP contribution in [0.4, 0.5) is 0 Å². The lowest BCUT2D eigenvalue weighted by Crippen LogP contribution is -2.43. The molecule has 20 heavy (non-hydrogen) atoms. The van der Waals surface area contributed by atoms with Gasteiger partial charge in [-0.25, -0.2) is 4.98 Å². The van der Waals surface area contributed by atoms with E-state index in [4.69, 9.17) is 0 Å². The van der Waals surface area contributed by atoms with Crippen molar-refractivity contribution in [3.05, 3.63) is 22.7 Å². The third-order valence-electron chi connectivity index (χ3n) is 3.33. The Balaban J connectivity index is 1.77. The Hall–Kier alpha value is -1.61. The van der Waals surface area contributed by atoms with Crippen LogP contribution in [0, 0.1) is 18.8 Å². The summed E-state index contributed by atoms with van der Waals surface area (Å²) < 4.78 is 0.994. The molecule has 1 aliphatic rings.